The van der Waals surface area contributed by atoms with E-state index in [2.05, 4.69) is 15.3 Å². The number of amides is 1. The van der Waals surface area contributed by atoms with Gasteiger partial charge in [0, 0.05) is 19.3 Å². The lowest BCUT2D eigenvalue weighted by molar-refractivity contribution is 0.0991. The molecule has 0 radical (unpaired) electrons. The molecule has 0 aromatic carbocycles. The van der Waals surface area contributed by atoms with E-state index in [4.69, 9.17) is 4.42 Å². The molecule has 0 aliphatic carbocycles. The average Bonchev–Trinajstić information content (AvgIpc) is 3.09. The fourth-order valence-electron chi connectivity index (χ4n) is 2.58. The van der Waals surface area contributed by atoms with E-state index in [1.807, 2.05) is 6.07 Å². The zero-order valence-electron chi connectivity index (χ0n) is 12.2. The number of nitrogens with one attached hydrogen (secondary N) is 1. The van der Waals surface area contributed by atoms with Crippen LogP contribution < -0.4 is 5.32 Å². The molecule has 3 heterocycles. The summed E-state index contributed by atoms with van der Waals surface area (Å²) in [4.78, 5) is 14.4. The second-order valence-corrected chi connectivity index (χ2v) is 5.43. The molecule has 6 nitrogen and oxygen atoms in total. The van der Waals surface area contributed by atoms with Crippen molar-refractivity contribution in [1.29, 1.82) is 0 Å². The number of aryl methyl sites for hydroxylation is 1. The van der Waals surface area contributed by atoms with Crippen LogP contribution in [0.3, 0.4) is 0 Å². The van der Waals surface area contributed by atoms with Crippen LogP contribution >= 0.6 is 0 Å². The second kappa shape index (κ2) is 6.13. The molecular weight excluding hydrogens is 268 g/mol. The van der Waals surface area contributed by atoms with Gasteiger partial charge in [-0.15, -0.1) is 0 Å². The average molecular weight is 288 g/mol. The van der Waals surface area contributed by atoms with E-state index in [0.29, 0.717) is 11.6 Å². The summed E-state index contributed by atoms with van der Waals surface area (Å²) in [5.74, 6) is 1.42. The highest BCUT2D eigenvalue weighted by Gasteiger charge is 2.15. The van der Waals surface area contributed by atoms with Gasteiger partial charge in [-0.1, -0.05) is 6.42 Å². The second-order valence-electron chi connectivity index (χ2n) is 5.43. The number of rotatable bonds is 4. The molecule has 112 valence electrons. The third kappa shape index (κ3) is 3.52. The van der Waals surface area contributed by atoms with Gasteiger partial charge in [0.2, 0.25) is 0 Å². The third-order valence-electron chi connectivity index (χ3n) is 3.67. The minimum Gasteiger partial charge on any atom is -0.455 e. The fourth-order valence-corrected chi connectivity index (χ4v) is 2.58. The van der Waals surface area contributed by atoms with Crippen molar-refractivity contribution >= 4 is 11.7 Å². The van der Waals surface area contributed by atoms with Crippen molar-refractivity contribution in [2.24, 2.45) is 7.05 Å². The maximum atomic E-state index is 12.1. The minimum absolute atomic E-state index is 0.265. The standard InChI is InChI=1S/C15H20N4O2/c1-18-10-7-14(17-18)16-15(20)13-6-5-12(21-13)11-19-8-3-2-4-9-19/h5-7,10H,2-4,8-9,11H2,1H3,(H,16,17,20). The molecule has 3 rings (SSSR count). The Morgan fingerprint density at radius 3 is 2.81 bits per heavy atom. The van der Waals surface area contributed by atoms with Gasteiger partial charge in [-0.2, -0.15) is 5.10 Å². The molecule has 0 unspecified atom stereocenters. The number of carbonyl (C=O) groups is 1. The smallest absolute Gasteiger partial charge is 0.292 e. The highest BCUT2D eigenvalue weighted by Crippen LogP contribution is 2.16. The minimum atomic E-state index is -0.265. The first kappa shape index (κ1) is 13.9. The van der Waals surface area contributed by atoms with Crippen molar-refractivity contribution in [1.82, 2.24) is 14.7 Å². The first-order valence-electron chi connectivity index (χ1n) is 7.33. The predicted molar refractivity (Wildman–Crippen MR) is 79.0 cm³/mol. The van der Waals surface area contributed by atoms with Gasteiger partial charge in [-0.25, -0.2) is 0 Å². The number of hydrogen-bond acceptors (Lipinski definition) is 4. The van der Waals surface area contributed by atoms with Gasteiger partial charge < -0.3 is 9.73 Å². The van der Waals surface area contributed by atoms with E-state index in [1.165, 1.54) is 19.3 Å². The van der Waals surface area contributed by atoms with Gasteiger partial charge in [0.25, 0.3) is 5.91 Å². The summed E-state index contributed by atoms with van der Waals surface area (Å²) >= 11 is 0. The third-order valence-corrected chi connectivity index (χ3v) is 3.67. The topological polar surface area (TPSA) is 63.3 Å². The Labute approximate surface area is 123 Å². The lowest BCUT2D eigenvalue weighted by Gasteiger charge is -2.25. The molecule has 1 saturated heterocycles. The van der Waals surface area contributed by atoms with Crippen LogP contribution in [0.15, 0.2) is 28.8 Å². The quantitative estimate of drug-likeness (QED) is 0.937. The number of hydrogen-bond donors (Lipinski definition) is 1. The van der Waals surface area contributed by atoms with Crippen molar-refractivity contribution in [2.45, 2.75) is 25.8 Å². The largest absolute Gasteiger partial charge is 0.455 e. The molecule has 1 aliphatic rings. The molecule has 1 amide bonds. The number of furan rings is 1. The van der Waals surface area contributed by atoms with Gasteiger partial charge in [0.05, 0.1) is 6.54 Å². The molecule has 6 heteroatoms. The summed E-state index contributed by atoms with van der Waals surface area (Å²) in [6.07, 6.45) is 5.58. The monoisotopic (exact) mass is 288 g/mol. The van der Waals surface area contributed by atoms with Crippen molar-refractivity contribution in [3.05, 3.63) is 35.9 Å². The van der Waals surface area contributed by atoms with Crippen molar-refractivity contribution in [3.8, 4) is 0 Å². The summed E-state index contributed by atoms with van der Waals surface area (Å²) in [6, 6.07) is 5.34. The lowest BCUT2D eigenvalue weighted by atomic mass is 10.1. The number of nitrogens with zero attached hydrogens (tertiary/aromatic N) is 3. The Morgan fingerprint density at radius 2 is 2.10 bits per heavy atom. The normalized spacial score (nSPS) is 16.0. The Hall–Kier alpha value is -2.08. The van der Waals surface area contributed by atoms with Gasteiger partial charge in [0.1, 0.15) is 5.76 Å². The molecule has 1 aliphatic heterocycles. The van der Waals surface area contributed by atoms with Crippen molar-refractivity contribution in [2.75, 3.05) is 18.4 Å². The summed E-state index contributed by atoms with van der Waals surface area (Å²) in [5, 5.41) is 6.83. The highest BCUT2D eigenvalue weighted by atomic mass is 16.4. The zero-order valence-corrected chi connectivity index (χ0v) is 12.2. The molecule has 0 bridgehead atoms. The molecule has 1 N–H and O–H groups in total. The highest BCUT2D eigenvalue weighted by molar-refractivity contribution is 6.01. The van der Waals surface area contributed by atoms with E-state index < -0.39 is 0 Å². The summed E-state index contributed by atoms with van der Waals surface area (Å²) in [5.41, 5.74) is 0. The molecule has 21 heavy (non-hydrogen) atoms. The predicted octanol–water partition coefficient (Wildman–Crippen LogP) is 2.25. The van der Waals surface area contributed by atoms with Crippen LogP contribution in [0.1, 0.15) is 35.6 Å². The van der Waals surface area contributed by atoms with Gasteiger partial charge in [-0.3, -0.25) is 14.4 Å². The Balaban J connectivity index is 1.59. The SMILES string of the molecule is Cn1ccc(NC(=O)c2ccc(CN3CCCCC3)o2)n1. The first-order chi connectivity index (χ1) is 10.2. The number of carbonyl (C=O) groups excluding carboxylic acids is 1. The van der Waals surface area contributed by atoms with Crippen LogP contribution in [0.25, 0.3) is 0 Å². The van der Waals surface area contributed by atoms with E-state index in [0.717, 1.165) is 25.4 Å². The number of likely N-dealkylation sites (tertiary alicyclic amines) is 1. The Kier molecular flexibility index (Phi) is 4.06. The van der Waals surface area contributed by atoms with Gasteiger partial charge in [0.15, 0.2) is 11.6 Å². The molecule has 0 atom stereocenters. The molecule has 0 spiro atoms. The molecule has 2 aromatic rings. The Morgan fingerprint density at radius 1 is 1.29 bits per heavy atom. The van der Waals surface area contributed by atoms with E-state index in [1.54, 1.807) is 30.1 Å². The maximum Gasteiger partial charge on any atom is 0.292 e. The zero-order chi connectivity index (χ0) is 14.7. The summed E-state index contributed by atoms with van der Waals surface area (Å²) in [6.45, 7) is 2.99. The lowest BCUT2D eigenvalue weighted by Crippen LogP contribution is -2.28. The van der Waals surface area contributed by atoms with Crippen LogP contribution in [-0.4, -0.2) is 33.7 Å². The van der Waals surface area contributed by atoms with E-state index >= 15 is 0 Å². The number of aromatic nitrogens is 2. The molecular formula is C15H20N4O2. The molecule has 2 aromatic heterocycles. The van der Waals surface area contributed by atoms with Crippen molar-refractivity contribution < 1.29 is 9.21 Å². The van der Waals surface area contributed by atoms with Gasteiger partial charge in [-0.05, 0) is 38.1 Å². The first-order valence-corrected chi connectivity index (χ1v) is 7.33. The van der Waals surface area contributed by atoms with Crippen molar-refractivity contribution in [3.63, 3.8) is 0 Å². The maximum absolute atomic E-state index is 12.1. The molecule has 1 fully saturated rings. The fraction of sp³-hybridized carbons (Fsp3) is 0.467. The van der Waals surface area contributed by atoms with E-state index in [-0.39, 0.29) is 5.91 Å². The number of piperidine rings is 1. The van der Waals surface area contributed by atoms with Crippen LogP contribution in [0.2, 0.25) is 0 Å². The number of anilines is 1. The van der Waals surface area contributed by atoms with Gasteiger partial charge >= 0.3 is 0 Å². The van der Waals surface area contributed by atoms with Crippen LogP contribution in [0, 0.1) is 0 Å². The summed E-state index contributed by atoms with van der Waals surface area (Å²) in [7, 11) is 1.80. The van der Waals surface area contributed by atoms with Crippen LogP contribution in [0.5, 0.6) is 0 Å². The van der Waals surface area contributed by atoms with E-state index in [9.17, 15) is 4.79 Å². The van der Waals surface area contributed by atoms with Crippen LogP contribution in [0.4, 0.5) is 5.82 Å². The Bertz CT molecular complexity index is 611. The summed E-state index contributed by atoms with van der Waals surface area (Å²) < 4.78 is 7.28. The molecule has 0 saturated carbocycles. The van der Waals surface area contributed by atoms with Crippen LogP contribution in [-0.2, 0) is 13.6 Å².